The maximum Gasteiger partial charge on any atom is 0.387 e. The molecule has 12 heavy (non-hydrogen) atoms. The number of hydrogen-bond acceptors (Lipinski definition) is 1. The van der Waals surface area contributed by atoms with Crippen molar-refractivity contribution in [2.24, 2.45) is 0 Å². The highest BCUT2D eigenvalue weighted by molar-refractivity contribution is 6.32. The molecule has 0 fully saturated rings. The van der Waals surface area contributed by atoms with Gasteiger partial charge in [0.15, 0.2) is 0 Å². The van der Waals surface area contributed by atoms with Gasteiger partial charge in [0, 0.05) is 0 Å². The summed E-state index contributed by atoms with van der Waals surface area (Å²) in [6, 6.07) is 5.10. The zero-order valence-corrected chi connectivity index (χ0v) is 6.97. The third-order valence-electron chi connectivity index (χ3n) is 1.55. The van der Waals surface area contributed by atoms with Crippen molar-refractivity contribution < 1.29 is 13.5 Å². The summed E-state index contributed by atoms with van der Waals surface area (Å²) < 4.78 is 27.8. The zero-order chi connectivity index (χ0) is 9.14. The minimum atomic E-state index is -2.74. The maximum atomic E-state index is 11.8. The fourth-order valence-electron chi connectivity index (χ4n) is 1.03. The van der Waals surface area contributed by atoms with Crippen LogP contribution in [0.1, 0.15) is 5.56 Å². The Hall–Kier alpha value is -1.06. The standard InChI is InChI=1S/C8H9BF2O/c1-5-4-6(9)2-3-7(5)12-8(10)11/h2-4,8H,9H2,1H3. The summed E-state index contributed by atoms with van der Waals surface area (Å²) >= 11 is 0. The Kier molecular flexibility index (Phi) is 2.68. The molecule has 0 saturated heterocycles. The number of alkyl halides is 2. The predicted molar refractivity (Wildman–Crippen MR) is 46.0 cm³/mol. The van der Waals surface area contributed by atoms with Crippen LogP contribution < -0.4 is 10.2 Å². The molecular weight excluding hydrogens is 161 g/mol. The largest absolute Gasteiger partial charge is 0.435 e. The van der Waals surface area contributed by atoms with Crippen LogP contribution in [0.25, 0.3) is 0 Å². The van der Waals surface area contributed by atoms with Gasteiger partial charge in [0.25, 0.3) is 0 Å². The lowest BCUT2D eigenvalue weighted by molar-refractivity contribution is -0.0502. The average molecular weight is 170 g/mol. The lowest BCUT2D eigenvalue weighted by atomic mass is 9.94. The number of rotatable bonds is 2. The molecule has 0 saturated carbocycles. The van der Waals surface area contributed by atoms with Crippen molar-refractivity contribution in [1.82, 2.24) is 0 Å². The van der Waals surface area contributed by atoms with Gasteiger partial charge in [0.1, 0.15) is 13.6 Å². The number of aryl methyl sites for hydroxylation is 1. The first kappa shape index (κ1) is 9.04. The number of halogens is 2. The second-order valence-corrected chi connectivity index (χ2v) is 2.65. The van der Waals surface area contributed by atoms with Crippen LogP contribution >= 0.6 is 0 Å². The van der Waals surface area contributed by atoms with Gasteiger partial charge in [-0.15, -0.1) is 0 Å². The molecule has 0 aliphatic heterocycles. The van der Waals surface area contributed by atoms with E-state index in [-0.39, 0.29) is 5.75 Å². The summed E-state index contributed by atoms with van der Waals surface area (Å²) in [7, 11) is 1.90. The molecule has 1 nitrogen and oxygen atoms in total. The smallest absolute Gasteiger partial charge is 0.387 e. The van der Waals surface area contributed by atoms with Gasteiger partial charge in [-0.1, -0.05) is 17.6 Å². The van der Waals surface area contributed by atoms with E-state index in [0.29, 0.717) is 0 Å². The van der Waals surface area contributed by atoms with Crippen molar-refractivity contribution in [1.29, 1.82) is 0 Å². The molecule has 0 amide bonds. The van der Waals surface area contributed by atoms with Crippen LogP contribution in [-0.4, -0.2) is 14.5 Å². The lowest BCUT2D eigenvalue weighted by Crippen LogP contribution is -2.07. The Labute approximate surface area is 70.8 Å². The number of benzene rings is 1. The molecule has 0 bridgehead atoms. The first-order valence-corrected chi connectivity index (χ1v) is 3.61. The van der Waals surface area contributed by atoms with Gasteiger partial charge in [-0.3, -0.25) is 0 Å². The van der Waals surface area contributed by atoms with Crippen LogP contribution in [0, 0.1) is 6.92 Å². The Morgan fingerprint density at radius 3 is 2.58 bits per heavy atom. The zero-order valence-electron chi connectivity index (χ0n) is 6.97. The van der Waals surface area contributed by atoms with Gasteiger partial charge < -0.3 is 4.74 Å². The Bertz CT molecular complexity index is 276. The van der Waals surface area contributed by atoms with E-state index in [4.69, 9.17) is 0 Å². The average Bonchev–Trinajstić information content (AvgIpc) is 1.94. The predicted octanol–water partition coefficient (Wildman–Crippen LogP) is 0.855. The normalized spacial score (nSPS) is 10.3. The molecule has 0 radical (unpaired) electrons. The molecule has 0 unspecified atom stereocenters. The second-order valence-electron chi connectivity index (χ2n) is 2.65. The van der Waals surface area contributed by atoms with E-state index in [2.05, 4.69) is 4.74 Å². The molecule has 64 valence electrons. The molecule has 0 aromatic heterocycles. The minimum absolute atomic E-state index is 0.246. The molecule has 0 aliphatic carbocycles. The molecule has 1 aromatic rings. The van der Waals surface area contributed by atoms with Crippen molar-refractivity contribution >= 4 is 13.3 Å². The van der Waals surface area contributed by atoms with Gasteiger partial charge in [-0.2, -0.15) is 8.78 Å². The molecule has 0 aliphatic rings. The molecule has 0 atom stereocenters. The van der Waals surface area contributed by atoms with Crippen molar-refractivity contribution in [2.75, 3.05) is 0 Å². The van der Waals surface area contributed by atoms with Gasteiger partial charge in [-0.05, 0) is 18.6 Å². The van der Waals surface area contributed by atoms with Crippen LogP contribution in [0.2, 0.25) is 0 Å². The summed E-state index contributed by atoms with van der Waals surface area (Å²) in [6.45, 7) is -1.00. The number of ether oxygens (including phenoxy) is 1. The van der Waals surface area contributed by atoms with Crippen LogP contribution in [-0.2, 0) is 0 Å². The summed E-state index contributed by atoms with van der Waals surface area (Å²) in [5.74, 6) is 0.246. The highest BCUT2D eigenvalue weighted by Gasteiger charge is 2.05. The highest BCUT2D eigenvalue weighted by Crippen LogP contribution is 2.17. The lowest BCUT2D eigenvalue weighted by Gasteiger charge is -2.07. The van der Waals surface area contributed by atoms with Crippen LogP contribution in [0.15, 0.2) is 18.2 Å². The Balaban J connectivity index is 2.86. The van der Waals surface area contributed by atoms with E-state index in [1.807, 2.05) is 7.85 Å². The first-order chi connectivity index (χ1) is 5.59. The van der Waals surface area contributed by atoms with Gasteiger partial charge in [0.2, 0.25) is 0 Å². The SMILES string of the molecule is Bc1ccc(OC(F)F)c(C)c1. The fourth-order valence-corrected chi connectivity index (χ4v) is 1.03. The fraction of sp³-hybridized carbons (Fsp3) is 0.250. The second kappa shape index (κ2) is 3.56. The Morgan fingerprint density at radius 1 is 1.42 bits per heavy atom. The highest BCUT2D eigenvalue weighted by atomic mass is 19.3. The van der Waals surface area contributed by atoms with Gasteiger partial charge >= 0.3 is 6.61 Å². The molecule has 1 aromatic carbocycles. The summed E-state index contributed by atoms with van der Waals surface area (Å²) in [5.41, 5.74) is 1.77. The van der Waals surface area contributed by atoms with Crippen molar-refractivity contribution in [3.05, 3.63) is 23.8 Å². The van der Waals surface area contributed by atoms with Crippen molar-refractivity contribution in [3.63, 3.8) is 0 Å². The first-order valence-electron chi connectivity index (χ1n) is 3.61. The molecule has 0 N–H and O–H groups in total. The van der Waals surface area contributed by atoms with E-state index in [0.717, 1.165) is 11.0 Å². The number of hydrogen-bond donors (Lipinski definition) is 0. The third kappa shape index (κ3) is 2.22. The summed E-state index contributed by atoms with van der Waals surface area (Å²) in [5, 5.41) is 0. The van der Waals surface area contributed by atoms with E-state index in [1.165, 1.54) is 0 Å². The maximum absolute atomic E-state index is 11.8. The topological polar surface area (TPSA) is 9.23 Å². The van der Waals surface area contributed by atoms with Crippen molar-refractivity contribution in [2.45, 2.75) is 13.5 Å². The molecule has 1 rings (SSSR count). The van der Waals surface area contributed by atoms with Crippen LogP contribution in [0.4, 0.5) is 8.78 Å². The van der Waals surface area contributed by atoms with Crippen molar-refractivity contribution in [3.8, 4) is 5.75 Å². The molecule has 0 heterocycles. The van der Waals surface area contributed by atoms with Gasteiger partial charge in [0.05, 0.1) is 0 Å². The molecule has 0 spiro atoms. The van der Waals surface area contributed by atoms with E-state index >= 15 is 0 Å². The van der Waals surface area contributed by atoms with Gasteiger partial charge in [-0.25, -0.2) is 0 Å². The summed E-state index contributed by atoms with van der Waals surface area (Å²) in [6.07, 6.45) is 0. The van der Waals surface area contributed by atoms with E-state index in [9.17, 15) is 8.78 Å². The molecular formula is C8H9BF2O. The Morgan fingerprint density at radius 2 is 2.08 bits per heavy atom. The van der Waals surface area contributed by atoms with Crippen LogP contribution in [0.3, 0.4) is 0 Å². The van der Waals surface area contributed by atoms with E-state index < -0.39 is 6.61 Å². The summed E-state index contributed by atoms with van der Waals surface area (Å²) in [4.78, 5) is 0. The third-order valence-corrected chi connectivity index (χ3v) is 1.55. The quantitative estimate of drug-likeness (QED) is 0.598. The minimum Gasteiger partial charge on any atom is -0.435 e. The van der Waals surface area contributed by atoms with Crippen LogP contribution in [0.5, 0.6) is 5.75 Å². The monoisotopic (exact) mass is 170 g/mol. The molecule has 4 heteroatoms. The van der Waals surface area contributed by atoms with E-state index in [1.54, 1.807) is 25.1 Å².